The molecule has 1 aliphatic rings. The molecule has 0 unspecified atom stereocenters. The smallest absolute Gasteiger partial charge is 0.153 e. The first-order chi connectivity index (χ1) is 6.76. The quantitative estimate of drug-likeness (QED) is 0.752. The first-order valence-electron chi connectivity index (χ1n) is 4.72. The van der Waals surface area contributed by atoms with Gasteiger partial charge in [-0.25, -0.2) is 0 Å². The van der Waals surface area contributed by atoms with E-state index in [1.54, 1.807) is 11.3 Å². The van der Waals surface area contributed by atoms with Crippen LogP contribution in [0.25, 0.3) is 0 Å². The summed E-state index contributed by atoms with van der Waals surface area (Å²) in [6.45, 7) is 2.02. The molecule has 0 amide bonds. The SMILES string of the molecule is CNc1sc2c(c1C=O)CCN(C)C2. The molecular weight excluding hydrogens is 196 g/mol. The van der Waals surface area contributed by atoms with E-state index in [4.69, 9.17) is 0 Å². The second-order valence-corrected chi connectivity index (χ2v) is 4.71. The standard InChI is InChI=1S/C10H14N2OS/c1-11-10-8(6-13)7-3-4-12(2)5-9(7)14-10/h6,11H,3-5H2,1-2H3. The highest BCUT2D eigenvalue weighted by atomic mass is 32.1. The summed E-state index contributed by atoms with van der Waals surface area (Å²) in [5, 5.41) is 4.10. The van der Waals surface area contributed by atoms with Crippen molar-refractivity contribution in [3.05, 3.63) is 16.0 Å². The van der Waals surface area contributed by atoms with Crippen LogP contribution < -0.4 is 5.32 Å². The Bertz CT molecular complexity index is 359. The third-order valence-electron chi connectivity index (χ3n) is 2.63. The predicted octanol–water partition coefficient (Wildman–Crippen LogP) is 1.59. The van der Waals surface area contributed by atoms with Crippen molar-refractivity contribution < 1.29 is 4.79 Å². The fourth-order valence-corrected chi connectivity index (χ4v) is 3.12. The Hall–Kier alpha value is -0.870. The van der Waals surface area contributed by atoms with E-state index in [0.717, 1.165) is 36.4 Å². The number of likely N-dealkylation sites (N-methyl/N-ethyl adjacent to an activating group) is 1. The van der Waals surface area contributed by atoms with Gasteiger partial charge in [-0.05, 0) is 19.0 Å². The van der Waals surface area contributed by atoms with E-state index in [9.17, 15) is 4.79 Å². The molecule has 0 saturated heterocycles. The number of fused-ring (bicyclic) bond motifs is 1. The third kappa shape index (κ3) is 1.44. The fourth-order valence-electron chi connectivity index (χ4n) is 1.87. The van der Waals surface area contributed by atoms with Crippen LogP contribution in [0.1, 0.15) is 20.8 Å². The Morgan fingerprint density at radius 2 is 2.36 bits per heavy atom. The van der Waals surface area contributed by atoms with E-state index in [-0.39, 0.29) is 0 Å². The molecule has 0 bridgehead atoms. The minimum atomic E-state index is 0.876. The normalized spacial score (nSPS) is 16.4. The van der Waals surface area contributed by atoms with Crippen molar-refractivity contribution in [2.45, 2.75) is 13.0 Å². The Morgan fingerprint density at radius 1 is 1.57 bits per heavy atom. The minimum absolute atomic E-state index is 0.876. The van der Waals surface area contributed by atoms with E-state index in [1.165, 1.54) is 10.4 Å². The molecule has 1 aliphatic heterocycles. The number of thiophene rings is 1. The zero-order valence-corrected chi connectivity index (χ0v) is 9.28. The maximum atomic E-state index is 11.0. The molecule has 0 aliphatic carbocycles. The van der Waals surface area contributed by atoms with Gasteiger partial charge in [0.25, 0.3) is 0 Å². The van der Waals surface area contributed by atoms with Crippen LogP contribution in [0.4, 0.5) is 5.00 Å². The summed E-state index contributed by atoms with van der Waals surface area (Å²) in [6.07, 6.45) is 1.98. The van der Waals surface area contributed by atoms with Crippen molar-refractivity contribution in [3.8, 4) is 0 Å². The van der Waals surface area contributed by atoms with E-state index >= 15 is 0 Å². The number of aldehydes is 1. The van der Waals surface area contributed by atoms with Crippen molar-refractivity contribution in [1.82, 2.24) is 4.90 Å². The van der Waals surface area contributed by atoms with Gasteiger partial charge in [0.05, 0.1) is 10.6 Å². The van der Waals surface area contributed by atoms with Crippen LogP contribution in [-0.2, 0) is 13.0 Å². The summed E-state index contributed by atoms with van der Waals surface area (Å²) < 4.78 is 0. The fraction of sp³-hybridized carbons (Fsp3) is 0.500. The first-order valence-corrected chi connectivity index (χ1v) is 5.54. The van der Waals surface area contributed by atoms with Crippen LogP contribution in [-0.4, -0.2) is 31.8 Å². The van der Waals surface area contributed by atoms with Gasteiger partial charge in [0.1, 0.15) is 0 Å². The number of rotatable bonds is 2. The van der Waals surface area contributed by atoms with Crippen LogP contribution >= 0.6 is 11.3 Å². The van der Waals surface area contributed by atoms with E-state index in [0.29, 0.717) is 0 Å². The summed E-state index contributed by atoms with van der Waals surface area (Å²) in [4.78, 5) is 14.6. The highest BCUT2D eigenvalue weighted by Crippen LogP contribution is 2.35. The molecule has 0 radical (unpaired) electrons. The predicted molar refractivity (Wildman–Crippen MR) is 59.3 cm³/mol. The monoisotopic (exact) mass is 210 g/mol. The lowest BCUT2D eigenvalue weighted by atomic mass is 10.0. The lowest BCUT2D eigenvalue weighted by Crippen LogP contribution is -2.25. The molecule has 1 aromatic heterocycles. The Kier molecular flexibility index (Phi) is 2.56. The van der Waals surface area contributed by atoms with Crippen molar-refractivity contribution in [3.63, 3.8) is 0 Å². The molecule has 76 valence electrons. The highest BCUT2D eigenvalue weighted by Gasteiger charge is 2.21. The number of nitrogens with one attached hydrogen (secondary N) is 1. The number of anilines is 1. The summed E-state index contributed by atoms with van der Waals surface area (Å²) in [5.74, 6) is 0. The average Bonchev–Trinajstić information content (AvgIpc) is 2.54. The molecule has 3 nitrogen and oxygen atoms in total. The van der Waals surface area contributed by atoms with Gasteiger partial charge in [-0.3, -0.25) is 4.79 Å². The zero-order chi connectivity index (χ0) is 10.1. The van der Waals surface area contributed by atoms with Gasteiger partial charge in [-0.2, -0.15) is 0 Å². The Morgan fingerprint density at radius 3 is 3.00 bits per heavy atom. The second-order valence-electron chi connectivity index (χ2n) is 3.60. The van der Waals surface area contributed by atoms with Gasteiger partial charge in [-0.1, -0.05) is 0 Å². The lowest BCUT2D eigenvalue weighted by Gasteiger charge is -2.21. The van der Waals surface area contributed by atoms with Crippen molar-refractivity contribution >= 4 is 22.6 Å². The molecule has 4 heteroatoms. The molecule has 0 saturated carbocycles. The summed E-state index contributed by atoms with van der Waals surface area (Å²) >= 11 is 1.71. The summed E-state index contributed by atoms with van der Waals surface area (Å²) in [6, 6.07) is 0. The molecule has 2 rings (SSSR count). The molecule has 0 aromatic carbocycles. The first kappa shape index (κ1) is 9.68. The van der Waals surface area contributed by atoms with E-state index in [2.05, 4.69) is 17.3 Å². The van der Waals surface area contributed by atoms with Crippen molar-refractivity contribution in [2.75, 3.05) is 26.0 Å². The topological polar surface area (TPSA) is 32.3 Å². The minimum Gasteiger partial charge on any atom is -0.379 e. The Labute approximate surface area is 87.7 Å². The maximum Gasteiger partial charge on any atom is 0.153 e. The number of carbonyl (C=O) groups is 1. The number of hydrogen-bond acceptors (Lipinski definition) is 4. The molecule has 14 heavy (non-hydrogen) atoms. The van der Waals surface area contributed by atoms with Crippen LogP contribution in [0.2, 0.25) is 0 Å². The summed E-state index contributed by atoms with van der Waals surface area (Å²) in [5.41, 5.74) is 2.13. The van der Waals surface area contributed by atoms with Gasteiger partial charge < -0.3 is 10.2 Å². The molecule has 2 heterocycles. The van der Waals surface area contributed by atoms with Crippen LogP contribution in [0.5, 0.6) is 0 Å². The maximum absolute atomic E-state index is 11.0. The van der Waals surface area contributed by atoms with Crippen LogP contribution in [0.3, 0.4) is 0 Å². The molecular formula is C10H14N2OS. The molecule has 0 atom stereocenters. The van der Waals surface area contributed by atoms with Gasteiger partial charge in [0, 0.05) is 25.0 Å². The Balaban J connectivity index is 2.45. The zero-order valence-electron chi connectivity index (χ0n) is 8.46. The average molecular weight is 210 g/mol. The molecule has 0 spiro atoms. The molecule has 0 fully saturated rings. The van der Waals surface area contributed by atoms with Crippen molar-refractivity contribution in [2.24, 2.45) is 0 Å². The van der Waals surface area contributed by atoms with Gasteiger partial charge in [0.2, 0.25) is 0 Å². The third-order valence-corrected chi connectivity index (χ3v) is 3.88. The molecule has 1 N–H and O–H groups in total. The molecule has 1 aromatic rings. The van der Waals surface area contributed by atoms with Gasteiger partial charge >= 0.3 is 0 Å². The summed E-state index contributed by atoms with van der Waals surface area (Å²) in [7, 11) is 3.98. The highest BCUT2D eigenvalue weighted by molar-refractivity contribution is 7.16. The van der Waals surface area contributed by atoms with Crippen LogP contribution in [0.15, 0.2) is 0 Å². The van der Waals surface area contributed by atoms with E-state index < -0.39 is 0 Å². The van der Waals surface area contributed by atoms with Gasteiger partial charge in [0.15, 0.2) is 6.29 Å². The number of nitrogens with zero attached hydrogens (tertiary/aromatic N) is 1. The number of carbonyl (C=O) groups excluding carboxylic acids is 1. The van der Waals surface area contributed by atoms with Crippen molar-refractivity contribution in [1.29, 1.82) is 0 Å². The largest absolute Gasteiger partial charge is 0.379 e. The number of hydrogen-bond donors (Lipinski definition) is 1. The second kappa shape index (κ2) is 3.71. The lowest BCUT2D eigenvalue weighted by molar-refractivity contribution is 0.112. The van der Waals surface area contributed by atoms with Gasteiger partial charge in [-0.15, -0.1) is 11.3 Å². The van der Waals surface area contributed by atoms with E-state index in [1.807, 2.05) is 7.05 Å². The van der Waals surface area contributed by atoms with Crippen LogP contribution in [0, 0.1) is 0 Å².